The molecule has 0 saturated heterocycles. The van der Waals surface area contributed by atoms with Gasteiger partial charge >= 0.3 is 17.9 Å². The summed E-state index contributed by atoms with van der Waals surface area (Å²) < 4.78 is 17.0. The molecular formula is C70H130O6. The molecule has 0 aromatic carbocycles. The maximum atomic E-state index is 12.9. The summed E-state index contributed by atoms with van der Waals surface area (Å²) >= 11 is 0. The summed E-state index contributed by atoms with van der Waals surface area (Å²) in [6.07, 6.45) is 80.2. The monoisotopic (exact) mass is 1070 g/mol. The number of unbranched alkanes of at least 4 members (excludes halogenated alkanes) is 46. The van der Waals surface area contributed by atoms with Gasteiger partial charge in [0.1, 0.15) is 13.2 Å². The molecule has 0 rings (SSSR count). The Kier molecular flexibility index (Phi) is 63.1. The van der Waals surface area contributed by atoms with Crippen molar-refractivity contribution in [1.82, 2.24) is 0 Å². The Morgan fingerprint density at radius 3 is 0.737 bits per heavy atom. The summed E-state index contributed by atoms with van der Waals surface area (Å²) in [5.74, 6) is -0.848. The van der Waals surface area contributed by atoms with E-state index in [9.17, 15) is 14.4 Å². The quantitative estimate of drug-likeness (QED) is 0.0261. The minimum atomic E-state index is -0.772. The maximum Gasteiger partial charge on any atom is 0.306 e. The van der Waals surface area contributed by atoms with Gasteiger partial charge in [0.25, 0.3) is 0 Å². The van der Waals surface area contributed by atoms with E-state index in [0.29, 0.717) is 19.3 Å². The fourth-order valence-corrected chi connectivity index (χ4v) is 10.3. The maximum absolute atomic E-state index is 12.9. The van der Waals surface area contributed by atoms with Gasteiger partial charge in [0.05, 0.1) is 0 Å². The lowest BCUT2D eigenvalue weighted by atomic mass is 10.0. The summed E-state index contributed by atoms with van der Waals surface area (Å²) in [7, 11) is 0. The van der Waals surface area contributed by atoms with Crippen molar-refractivity contribution in [2.75, 3.05) is 13.2 Å². The lowest BCUT2D eigenvalue weighted by Gasteiger charge is -2.18. The first kappa shape index (κ1) is 73.6. The Labute approximate surface area is 474 Å². The molecule has 1 atom stereocenters. The largest absolute Gasteiger partial charge is 0.462 e. The van der Waals surface area contributed by atoms with Crippen molar-refractivity contribution in [3.05, 3.63) is 36.5 Å². The molecule has 0 aromatic heterocycles. The van der Waals surface area contributed by atoms with Gasteiger partial charge in [-0.05, 0) is 57.8 Å². The van der Waals surface area contributed by atoms with Crippen molar-refractivity contribution in [2.45, 2.75) is 380 Å². The first-order valence-corrected chi connectivity index (χ1v) is 34.0. The average Bonchev–Trinajstić information content (AvgIpc) is 3.42. The average molecular weight is 1070 g/mol. The van der Waals surface area contributed by atoms with Crippen LogP contribution in [-0.2, 0) is 28.6 Å². The van der Waals surface area contributed by atoms with Crippen molar-refractivity contribution in [3.63, 3.8) is 0 Å². The zero-order valence-electron chi connectivity index (χ0n) is 51.3. The molecule has 0 aliphatic rings. The summed E-state index contributed by atoms with van der Waals surface area (Å²) in [5.41, 5.74) is 0. The van der Waals surface area contributed by atoms with Gasteiger partial charge in [-0.1, -0.05) is 333 Å². The minimum absolute atomic E-state index is 0.0687. The molecule has 0 saturated carbocycles. The predicted molar refractivity (Wildman–Crippen MR) is 330 cm³/mol. The van der Waals surface area contributed by atoms with E-state index in [-0.39, 0.29) is 31.1 Å². The molecule has 446 valence electrons. The summed E-state index contributed by atoms with van der Waals surface area (Å²) in [6.45, 7) is 6.69. The van der Waals surface area contributed by atoms with Crippen LogP contribution in [0.1, 0.15) is 374 Å². The van der Waals surface area contributed by atoms with Crippen molar-refractivity contribution >= 4 is 17.9 Å². The SMILES string of the molecule is CCCCCCC/C=C\C/C=C\C/C=C\CCCCCCCCCCC(=O)OCC(COC(=O)CCCCCCCCCCCCCCC)OC(=O)CCCCCCCCCCCCCCCCCCCCCCCC. The van der Waals surface area contributed by atoms with Crippen molar-refractivity contribution in [3.8, 4) is 0 Å². The fourth-order valence-electron chi connectivity index (χ4n) is 10.3. The first-order chi connectivity index (χ1) is 37.5. The summed E-state index contributed by atoms with van der Waals surface area (Å²) in [6, 6.07) is 0. The van der Waals surface area contributed by atoms with Gasteiger partial charge in [-0.25, -0.2) is 0 Å². The molecule has 0 aromatic rings. The molecule has 0 heterocycles. The van der Waals surface area contributed by atoms with E-state index in [4.69, 9.17) is 14.2 Å². The summed E-state index contributed by atoms with van der Waals surface area (Å²) in [5, 5.41) is 0. The second kappa shape index (κ2) is 65.2. The van der Waals surface area contributed by atoms with Gasteiger partial charge in [-0.15, -0.1) is 0 Å². The van der Waals surface area contributed by atoms with E-state index in [0.717, 1.165) is 77.0 Å². The third-order valence-corrected chi connectivity index (χ3v) is 15.4. The Bertz CT molecular complexity index is 1270. The topological polar surface area (TPSA) is 78.9 Å². The number of ether oxygens (including phenoxy) is 3. The molecule has 6 heteroatoms. The highest BCUT2D eigenvalue weighted by atomic mass is 16.6. The van der Waals surface area contributed by atoms with Crippen LogP contribution < -0.4 is 0 Å². The van der Waals surface area contributed by atoms with E-state index in [1.807, 2.05) is 0 Å². The zero-order valence-corrected chi connectivity index (χ0v) is 51.3. The Morgan fingerprint density at radius 2 is 0.474 bits per heavy atom. The molecule has 0 bridgehead atoms. The molecule has 0 amide bonds. The lowest BCUT2D eigenvalue weighted by Crippen LogP contribution is -2.30. The van der Waals surface area contributed by atoms with E-state index in [1.54, 1.807) is 0 Å². The van der Waals surface area contributed by atoms with Crippen LogP contribution in [0.15, 0.2) is 36.5 Å². The highest BCUT2D eigenvalue weighted by Gasteiger charge is 2.19. The molecule has 6 nitrogen and oxygen atoms in total. The van der Waals surface area contributed by atoms with Gasteiger partial charge in [-0.3, -0.25) is 14.4 Å². The lowest BCUT2D eigenvalue weighted by molar-refractivity contribution is -0.167. The molecule has 0 radical (unpaired) electrons. The third kappa shape index (κ3) is 62.5. The van der Waals surface area contributed by atoms with Crippen molar-refractivity contribution in [1.29, 1.82) is 0 Å². The number of carbonyl (C=O) groups excluding carboxylic acids is 3. The third-order valence-electron chi connectivity index (χ3n) is 15.4. The molecule has 1 unspecified atom stereocenters. The Hall–Kier alpha value is -2.37. The molecule has 0 N–H and O–H groups in total. The van der Waals surface area contributed by atoms with E-state index >= 15 is 0 Å². The standard InChI is InChI=1S/C70H130O6/c1-4-7-10-13-16-19-22-25-27-29-31-33-35-37-38-40-42-45-48-51-54-57-60-63-69(72)75-66-67(65-74-68(71)62-59-56-53-50-47-44-24-21-18-15-12-9-6-3)76-70(73)64-61-58-55-52-49-46-43-41-39-36-34-32-30-28-26-23-20-17-14-11-8-5-2/h22,25,29,31,35,37,67H,4-21,23-24,26-28,30,32-34,36,38-66H2,1-3H3/b25-22-,31-29-,37-35-. The number of carbonyl (C=O) groups is 3. The van der Waals surface area contributed by atoms with Crippen LogP contribution in [0.3, 0.4) is 0 Å². The van der Waals surface area contributed by atoms with E-state index in [2.05, 4.69) is 57.2 Å². The highest BCUT2D eigenvalue weighted by Crippen LogP contribution is 2.18. The van der Waals surface area contributed by atoms with E-state index in [1.165, 1.54) is 257 Å². The molecule has 76 heavy (non-hydrogen) atoms. The second-order valence-electron chi connectivity index (χ2n) is 23.1. The molecular weight excluding hydrogens is 937 g/mol. The predicted octanol–water partition coefficient (Wildman–Crippen LogP) is 23.2. The number of allylic oxidation sites excluding steroid dienone is 6. The van der Waals surface area contributed by atoms with Gasteiger partial charge < -0.3 is 14.2 Å². The van der Waals surface area contributed by atoms with Crippen LogP contribution in [0.25, 0.3) is 0 Å². The van der Waals surface area contributed by atoms with Crippen LogP contribution >= 0.6 is 0 Å². The number of rotatable bonds is 63. The molecule has 0 fully saturated rings. The van der Waals surface area contributed by atoms with Gasteiger partial charge in [-0.2, -0.15) is 0 Å². The number of hydrogen-bond acceptors (Lipinski definition) is 6. The minimum Gasteiger partial charge on any atom is -0.462 e. The van der Waals surface area contributed by atoms with Crippen molar-refractivity contribution < 1.29 is 28.6 Å². The van der Waals surface area contributed by atoms with Gasteiger partial charge in [0.2, 0.25) is 0 Å². The summed E-state index contributed by atoms with van der Waals surface area (Å²) in [4.78, 5) is 38.4. The molecule has 0 aliphatic carbocycles. The normalized spacial score (nSPS) is 12.2. The first-order valence-electron chi connectivity index (χ1n) is 34.0. The Morgan fingerprint density at radius 1 is 0.263 bits per heavy atom. The zero-order chi connectivity index (χ0) is 55.0. The smallest absolute Gasteiger partial charge is 0.306 e. The van der Waals surface area contributed by atoms with Gasteiger partial charge in [0, 0.05) is 19.3 Å². The molecule has 0 spiro atoms. The highest BCUT2D eigenvalue weighted by molar-refractivity contribution is 5.71. The molecule has 0 aliphatic heterocycles. The van der Waals surface area contributed by atoms with Gasteiger partial charge in [0.15, 0.2) is 6.10 Å². The fraction of sp³-hybridized carbons (Fsp3) is 0.871. The van der Waals surface area contributed by atoms with Crippen LogP contribution in [0.4, 0.5) is 0 Å². The van der Waals surface area contributed by atoms with E-state index < -0.39 is 6.10 Å². The number of esters is 3. The van der Waals surface area contributed by atoms with Crippen LogP contribution in [0.5, 0.6) is 0 Å². The van der Waals surface area contributed by atoms with Crippen LogP contribution in [0, 0.1) is 0 Å². The second-order valence-corrected chi connectivity index (χ2v) is 23.1. The van der Waals surface area contributed by atoms with Crippen molar-refractivity contribution in [2.24, 2.45) is 0 Å². The number of hydrogen-bond donors (Lipinski definition) is 0. The Balaban J connectivity index is 4.28. The van der Waals surface area contributed by atoms with Crippen LogP contribution in [-0.4, -0.2) is 37.2 Å². The van der Waals surface area contributed by atoms with Crippen LogP contribution in [0.2, 0.25) is 0 Å².